The van der Waals surface area contributed by atoms with Gasteiger partial charge in [0.05, 0.1) is 6.61 Å². The van der Waals surface area contributed by atoms with E-state index in [0.29, 0.717) is 39.0 Å². The van der Waals surface area contributed by atoms with Crippen molar-refractivity contribution >= 4 is 11.8 Å². The first-order chi connectivity index (χ1) is 17.1. The van der Waals surface area contributed by atoms with Crippen molar-refractivity contribution in [1.82, 2.24) is 10.2 Å². The van der Waals surface area contributed by atoms with Crippen molar-refractivity contribution in [2.75, 3.05) is 13.2 Å². The quantitative estimate of drug-likeness (QED) is 0.343. The molecule has 0 aromatic heterocycles. The zero-order chi connectivity index (χ0) is 24.9. The number of nitrogens with one attached hydrogen (secondary N) is 1. The van der Waals surface area contributed by atoms with Crippen molar-refractivity contribution in [2.24, 2.45) is 0 Å². The number of hydrogen-bond acceptors (Lipinski definition) is 3. The van der Waals surface area contributed by atoms with E-state index in [0.717, 1.165) is 28.9 Å². The summed E-state index contributed by atoms with van der Waals surface area (Å²) in [5, 5.41) is 3.02. The van der Waals surface area contributed by atoms with Crippen LogP contribution >= 0.6 is 0 Å². The zero-order valence-corrected chi connectivity index (χ0v) is 20.8. The van der Waals surface area contributed by atoms with Gasteiger partial charge in [0.25, 0.3) is 0 Å². The number of aryl methyl sites for hydroxylation is 1. The number of benzene rings is 3. The third-order valence-corrected chi connectivity index (χ3v) is 5.97. The average molecular weight is 473 g/mol. The number of nitrogens with zero attached hydrogens (tertiary/aromatic N) is 1. The normalized spacial score (nSPS) is 11.5. The molecule has 3 aromatic carbocycles. The fourth-order valence-electron chi connectivity index (χ4n) is 3.96. The molecule has 2 amide bonds. The molecule has 0 saturated carbocycles. The Bertz CT molecular complexity index is 1050. The van der Waals surface area contributed by atoms with E-state index in [1.807, 2.05) is 98.8 Å². The number of para-hydroxylation sites is 1. The van der Waals surface area contributed by atoms with Gasteiger partial charge >= 0.3 is 0 Å². The largest absolute Gasteiger partial charge is 0.494 e. The van der Waals surface area contributed by atoms with Gasteiger partial charge < -0.3 is 15.0 Å². The lowest BCUT2D eigenvalue weighted by Gasteiger charge is -2.32. The van der Waals surface area contributed by atoms with E-state index < -0.39 is 6.04 Å². The van der Waals surface area contributed by atoms with Crippen LogP contribution in [0, 0.1) is 6.92 Å². The van der Waals surface area contributed by atoms with Crippen molar-refractivity contribution in [3.8, 4) is 5.75 Å². The molecule has 0 fully saturated rings. The van der Waals surface area contributed by atoms with Gasteiger partial charge in [0.15, 0.2) is 0 Å². The number of carbonyl (C=O) groups is 2. The van der Waals surface area contributed by atoms with E-state index in [9.17, 15) is 9.59 Å². The van der Waals surface area contributed by atoms with Crippen LogP contribution in [0.3, 0.4) is 0 Å². The van der Waals surface area contributed by atoms with E-state index in [2.05, 4.69) is 5.32 Å². The van der Waals surface area contributed by atoms with Crippen LogP contribution in [0.4, 0.5) is 0 Å². The van der Waals surface area contributed by atoms with Crippen LogP contribution in [0.1, 0.15) is 42.9 Å². The van der Waals surface area contributed by atoms with Gasteiger partial charge in [-0.3, -0.25) is 9.59 Å². The van der Waals surface area contributed by atoms with Gasteiger partial charge in [-0.05, 0) is 48.6 Å². The number of amides is 2. The van der Waals surface area contributed by atoms with Crippen molar-refractivity contribution in [2.45, 2.75) is 52.1 Å². The predicted octanol–water partition coefficient (Wildman–Crippen LogP) is 5.32. The molecule has 0 aliphatic heterocycles. The topological polar surface area (TPSA) is 58.6 Å². The third-order valence-electron chi connectivity index (χ3n) is 5.97. The molecule has 0 bridgehead atoms. The van der Waals surface area contributed by atoms with Crippen LogP contribution in [0.25, 0.3) is 0 Å². The highest BCUT2D eigenvalue weighted by Crippen LogP contribution is 2.18. The highest BCUT2D eigenvalue weighted by Gasteiger charge is 2.30. The second-order valence-corrected chi connectivity index (χ2v) is 8.71. The summed E-state index contributed by atoms with van der Waals surface area (Å²) < 4.78 is 5.78. The summed E-state index contributed by atoms with van der Waals surface area (Å²) in [5.41, 5.74) is 3.17. The van der Waals surface area contributed by atoms with Crippen LogP contribution in [0.5, 0.6) is 5.75 Å². The smallest absolute Gasteiger partial charge is 0.243 e. The molecule has 184 valence electrons. The highest BCUT2D eigenvalue weighted by atomic mass is 16.5. The van der Waals surface area contributed by atoms with E-state index >= 15 is 0 Å². The van der Waals surface area contributed by atoms with Crippen LogP contribution in [-0.4, -0.2) is 35.9 Å². The Morgan fingerprint density at radius 1 is 0.914 bits per heavy atom. The molecule has 1 atom stereocenters. The Morgan fingerprint density at radius 2 is 1.57 bits per heavy atom. The number of hydrogen-bond donors (Lipinski definition) is 1. The third kappa shape index (κ3) is 8.29. The summed E-state index contributed by atoms with van der Waals surface area (Å²) in [4.78, 5) is 28.6. The van der Waals surface area contributed by atoms with Crippen LogP contribution in [-0.2, 0) is 22.6 Å². The molecule has 0 saturated heterocycles. The Hall–Kier alpha value is -3.60. The van der Waals surface area contributed by atoms with Gasteiger partial charge in [-0.2, -0.15) is 0 Å². The van der Waals surface area contributed by atoms with Crippen LogP contribution in [0.2, 0.25) is 0 Å². The van der Waals surface area contributed by atoms with Crippen molar-refractivity contribution in [3.05, 3.63) is 102 Å². The zero-order valence-electron chi connectivity index (χ0n) is 20.8. The lowest BCUT2D eigenvalue weighted by molar-refractivity contribution is -0.141. The van der Waals surface area contributed by atoms with Crippen LogP contribution < -0.4 is 10.1 Å². The standard InChI is InChI=1S/C30H36N2O3/c1-3-20-31-30(34)28(22-25-14-6-4-7-15-25)32(23-26-16-11-10-13-24(26)2)29(33)19-12-21-35-27-17-8-5-9-18-27/h4-11,13-18,28H,3,12,19-23H2,1-2H3,(H,31,34). The van der Waals surface area contributed by atoms with Crippen molar-refractivity contribution in [3.63, 3.8) is 0 Å². The Balaban J connectivity index is 1.79. The highest BCUT2D eigenvalue weighted by molar-refractivity contribution is 5.88. The molecule has 0 spiro atoms. The summed E-state index contributed by atoms with van der Waals surface area (Å²) in [7, 11) is 0. The second-order valence-electron chi connectivity index (χ2n) is 8.71. The Kier molecular flexibility index (Phi) is 10.4. The molecule has 1 unspecified atom stereocenters. The number of carbonyl (C=O) groups excluding carboxylic acids is 2. The summed E-state index contributed by atoms with van der Waals surface area (Å²) in [5.74, 6) is 0.633. The van der Waals surface area contributed by atoms with Gasteiger partial charge in [-0.25, -0.2) is 0 Å². The molecule has 0 heterocycles. The first kappa shape index (κ1) is 26.0. The van der Waals surface area contributed by atoms with Crippen molar-refractivity contribution < 1.29 is 14.3 Å². The van der Waals surface area contributed by atoms with Gasteiger partial charge in [0, 0.05) is 25.9 Å². The molecule has 5 heteroatoms. The van der Waals surface area contributed by atoms with E-state index in [4.69, 9.17) is 4.74 Å². The van der Waals surface area contributed by atoms with E-state index in [-0.39, 0.29) is 11.8 Å². The molecule has 3 aromatic rings. The van der Waals surface area contributed by atoms with E-state index in [1.54, 1.807) is 4.90 Å². The first-order valence-corrected chi connectivity index (χ1v) is 12.4. The van der Waals surface area contributed by atoms with Gasteiger partial charge in [0.1, 0.15) is 11.8 Å². The molecule has 1 N–H and O–H groups in total. The lowest BCUT2D eigenvalue weighted by Crippen LogP contribution is -2.50. The lowest BCUT2D eigenvalue weighted by atomic mass is 10.0. The molecule has 0 radical (unpaired) electrons. The fourth-order valence-corrected chi connectivity index (χ4v) is 3.96. The molecular weight excluding hydrogens is 436 g/mol. The molecule has 0 aliphatic carbocycles. The molecule has 5 nitrogen and oxygen atoms in total. The summed E-state index contributed by atoms with van der Waals surface area (Å²) in [6.07, 6.45) is 2.19. The summed E-state index contributed by atoms with van der Waals surface area (Å²) >= 11 is 0. The molecular formula is C30H36N2O3. The number of rotatable bonds is 13. The summed E-state index contributed by atoms with van der Waals surface area (Å²) in [6.45, 7) is 5.48. The maximum atomic E-state index is 13.6. The molecule has 35 heavy (non-hydrogen) atoms. The molecule has 0 aliphatic rings. The van der Waals surface area contributed by atoms with Crippen LogP contribution in [0.15, 0.2) is 84.9 Å². The Labute approximate surface area is 209 Å². The SMILES string of the molecule is CCCNC(=O)C(Cc1ccccc1)N(Cc1ccccc1C)C(=O)CCCOc1ccccc1. The van der Waals surface area contributed by atoms with E-state index in [1.165, 1.54) is 0 Å². The second kappa shape index (κ2) is 14.0. The average Bonchev–Trinajstić information content (AvgIpc) is 2.89. The molecule has 3 rings (SSSR count). The minimum absolute atomic E-state index is 0.0440. The minimum atomic E-state index is -0.592. The van der Waals surface area contributed by atoms with Gasteiger partial charge in [-0.15, -0.1) is 0 Å². The minimum Gasteiger partial charge on any atom is -0.494 e. The van der Waals surface area contributed by atoms with Gasteiger partial charge in [0.2, 0.25) is 11.8 Å². The maximum Gasteiger partial charge on any atom is 0.243 e. The predicted molar refractivity (Wildman–Crippen MR) is 140 cm³/mol. The summed E-state index contributed by atoms with van der Waals surface area (Å²) in [6, 6.07) is 26.9. The number of ether oxygens (including phenoxy) is 1. The first-order valence-electron chi connectivity index (χ1n) is 12.4. The monoisotopic (exact) mass is 472 g/mol. The van der Waals surface area contributed by atoms with Crippen molar-refractivity contribution in [1.29, 1.82) is 0 Å². The van der Waals surface area contributed by atoms with Gasteiger partial charge in [-0.1, -0.05) is 79.7 Å². The maximum absolute atomic E-state index is 13.6. The Morgan fingerprint density at radius 3 is 2.26 bits per heavy atom. The fraction of sp³-hybridized carbons (Fsp3) is 0.333.